The Balaban J connectivity index is 1.67. The van der Waals surface area contributed by atoms with Crippen LogP contribution in [-0.2, 0) is 17.8 Å². The van der Waals surface area contributed by atoms with Crippen LogP contribution in [0.1, 0.15) is 18.1 Å². The molecular weight excluding hydrogens is 340 g/mol. The number of hydrogen-bond donors (Lipinski definition) is 3. The number of urea groups is 1. The van der Waals surface area contributed by atoms with E-state index in [2.05, 4.69) is 20.9 Å². The van der Waals surface area contributed by atoms with Crippen molar-refractivity contribution in [2.75, 3.05) is 11.9 Å². The molecule has 0 aliphatic carbocycles. The third-order valence-electron chi connectivity index (χ3n) is 4.12. The molecule has 3 amide bonds. The first kappa shape index (κ1) is 18.4. The fourth-order valence-corrected chi connectivity index (χ4v) is 2.82. The Hall–Kier alpha value is -3.41. The molecule has 0 aliphatic rings. The number of benzene rings is 2. The number of carbonyl (C=O) groups is 2. The Morgan fingerprint density at radius 2 is 1.81 bits per heavy atom. The van der Waals surface area contributed by atoms with E-state index >= 15 is 0 Å². The van der Waals surface area contributed by atoms with Gasteiger partial charge in [0.15, 0.2) is 0 Å². The van der Waals surface area contributed by atoms with Gasteiger partial charge in [0.1, 0.15) is 5.82 Å². The number of hydrogen-bond acceptors (Lipinski definition) is 3. The fourth-order valence-electron chi connectivity index (χ4n) is 2.82. The second kappa shape index (κ2) is 8.80. The van der Waals surface area contributed by atoms with Crippen LogP contribution in [0.2, 0.25) is 0 Å². The summed E-state index contributed by atoms with van der Waals surface area (Å²) in [6, 6.07) is 17.0. The van der Waals surface area contributed by atoms with Gasteiger partial charge in [0.2, 0.25) is 5.91 Å². The molecule has 6 nitrogen and oxygen atoms in total. The molecule has 0 saturated carbocycles. The number of anilines is 1. The van der Waals surface area contributed by atoms with Gasteiger partial charge in [-0.3, -0.25) is 10.1 Å². The highest BCUT2D eigenvalue weighted by Crippen LogP contribution is 2.20. The minimum atomic E-state index is -0.284. The molecule has 3 rings (SSSR count). The van der Waals surface area contributed by atoms with Crippen LogP contribution in [0.4, 0.5) is 10.6 Å². The molecule has 1 heterocycles. The predicted octanol–water partition coefficient (Wildman–Crippen LogP) is 3.24. The van der Waals surface area contributed by atoms with E-state index in [0.717, 1.165) is 21.9 Å². The molecule has 3 aromatic rings. The summed E-state index contributed by atoms with van der Waals surface area (Å²) in [5.74, 6) is 0.458. The van der Waals surface area contributed by atoms with Crippen LogP contribution in [0.5, 0.6) is 0 Å². The van der Waals surface area contributed by atoms with E-state index in [0.29, 0.717) is 25.3 Å². The van der Waals surface area contributed by atoms with Crippen LogP contribution in [-0.4, -0.2) is 23.5 Å². The van der Waals surface area contributed by atoms with Crippen LogP contribution in [0, 0.1) is 0 Å². The third kappa shape index (κ3) is 5.04. The van der Waals surface area contributed by atoms with Crippen LogP contribution in [0.3, 0.4) is 0 Å². The van der Waals surface area contributed by atoms with E-state index in [1.165, 1.54) is 0 Å². The average molecular weight is 362 g/mol. The molecule has 0 unspecified atom stereocenters. The minimum Gasteiger partial charge on any atom is -0.352 e. The van der Waals surface area contributed by atoms with Crippen LogP contribution < -0.4 is 16.0 Å². The maximum absolute atomic E-state index is 12.2. The van der Waals surface area contributed by atoms with Gasteiger partial charge in [-0.15, -0.1) is 0 Å². The summed E-state index contributed by atoms with van der Waals surface area (Å²) in [5, 5.41) is 10.2. The first-order valence-corrected chi connectivity index (χ1v) is 8.89. The zero-order valence-electron chi connectivity index (χ0n) is 15.2. The number of aromatic nitrogens is 1. The number of fused-ring (bicyclic) bond motifs is 1. The quantitative estimate of drug-likeness (QED) is 0.629. The number of pyridine rings is 1. The molecule has 27 heavy (non-hydrogen) atoms. The SMILES string of the molecule is CCNC(=O)Nc1cc2cccc(CNC(=O)Cc3ccccc3)c2cn1. The zero-order chi connectivity index (χ0) is 19.1. The number of carbonyl (C=O) groups excluding carboxylic acids is 2. The van der Waals surface area contributed by atoms with Crippen molar-refractivity contribution in [3.63, 3.8) is 0 Å². The fraction of sp³-hybridized carbons (Fsp3) is 0.190. The van der Waals surface area contributed by atoms with Gasteiger partial charge in [-0.2, -0.15) is 0 Å². The van der Waals surface area contributed by atoms with E-state index in [-0.39, 0.29) is 11.9 Å². The highest BCUT2D eigenvalue weighted by Gasteiger charge is 2.07. The highest BCUT2D eigenvalue weighted by atomic mass is 16.2. The van der Waals surface area contributed by atoms with Gasteiger partial charge in [-0.1, -0.05) is 48.5 Å². The molecule has 0 spiro atoms. The summed E-state index contributed by atoms with van der Waals surface area (Å²) in [7, 11) is 0. The van der Waals surface area contributed by atoms with Gasteiger partial charge in [0.05, 0.1) is 6.42 Å². The lowest BCUT2D eigenvalue weighted by Gasteiger charge is -2.10. The van der Waals surface area contributed by atoms with Crippen molar-refractivity contribution in [1.29, 1.82) is 0 Å². The Kier molecular flexibility index (Phi) is 5.99. The summed E-state index contributed by atoms with van der Waals surface area (Å²) in [4.78, 5) is 28.1. The maximum atomic E-state index is 12.2. The normalized spacial score (nSPS) is 10.4. The van der Waals surface area contributed by atoms with Crippen LogP contribution >= 0.6 is 0 Å². The first-order valence-electron chi connectivity index (χ1n) is 8.89. The standard InChI is InChI=1S/C21H22N4O2/c1-2-22-21(27)25-19-12-16-9-6-10-17(18(16)14-23-19)13-24-20(26)11-15-7-4-3-5-8-15/h3-10,12,14H,2,11,13H2,1H3,(H,24,26)(H2,22,23,25,27). The third-order valence-corrected chi connectivity index (χ3v) is 4.12. The van der Waals surface area contributed by atoms with Gasteiger partial charge in [0, 0.05) is 24.7 Å². The Bertz CT molecular complexity index is 941. The Morgan fingerprint density at radius 1 is 1.00 bits per heavy atom. The van der Waals surface area contributed by atoms with Crippen molar-refractivity contribution in [3.05, 3.63) is 71.9 Å². The molecule has 3 N–H and O–H groups in total. The molecular formula is C21H22N4O2. The molecule has 0 fully saturated rings. The largest absolute Gasteiger partial charge is 0.352 e. The maximum Gasteiger partial charge on any atom is 0.320 e. The van der Waals surface area contributed by atoms with Gasteiger partial charge in [-0.05, 0) is 29.5 Å². The monoisotopic (exact) mass is 362 g/mol. The van der Waals surface area contributed by atoms with E-state index in [1.54, 1.807) is 6.20 Å². The number of nitrogens with one attached hydrogen (secondary N) is 3. The van der Waals surface area contributed by atoms with Gasteiger partial charge in [0.25, 0.3) is 0 Å². The molecule has 0 aliphatic heterocycles. The second-order valence-electron chi connectivity index (χ2n) is 6.13. The molecule has 6 heteroatoms. The summed E-state index contributed by atoms with van der Waals surface area (Å²) >= 11 is 0. The average Bonchev–Trinajstić information content (AvgIpc) is 2.67. The summed E-state index contributed by atoms with van der Waals surface area (Å²) in [6.45, 7) is 2.83. The van der Waals surface area contributed by atoms with E-state index < -0.39 is 0 Å². The smallest absolute Gasteiger partial charge is 0.320 e. The minimum absolute atomic E-state index is 0.0271. The number of nitrogens with zero attached hydrogens (tertiary/aromatic N) is 1. The van der Waals surface area contributed by atoms with Gasteiger partial charge >= 0.3 is 6.03 Å². The van der Waals surface area contributed by atoms with Crippen molar-refractivity contribution < 1.29 is 9.59 Å². The molecule has 138 valence electrons. The van der Waals surface area contributed by atoms with E-state index in [1.807, 2.05) is 61.5 Å². The van der Waals surface area contributed by atoms with E-state index in [4.69, 9.17) is 0 Å². The lowest BCUT2D eigenvalue weighted by Crippen LogP contribution is -2.28. The summed E-state index contributed by atoms with van der Waals surface area (Å²) in [5.41, 5.74) is 1.96. The number of rotatable bonds is 6. The first-order chi connectivity index (χ1) is 13.2. The van der Waals surface area contributed by atoms with Crippen molar-refractivity contribution in [1.82, 2.24) is 15.6 Å². The van der Waals surface area contributed by atoms with Gasteiger partial charge in [-0.25, -0.2) is 9.78 Å². The molecule has 0 radical (unpaired) electrons. The molecule has 1 aromatic heterocycles. The van der Waals surface area contributed by atoms with Crippen LogP contribution in [0.25, 0.3) is 10.8 Å². The van der Waals surface area contributed by atoms with Gasteiger partial charge < -0.3 is 10.6 Å². The van der Waals surface area contributed by atoms with Crippen molar-refractivity contribution in [3.8, 4) is 0 Å². The molecule has 0 atom stereocenters. The second-order valence-corrected chi connectivity index (χ2v) is 6.13. The van der Waals surface area contributed by atoms with Crippen molar-refractivity contribution in [2.24, 2.45) is 0 Å². The predicted molar refractivity (Wildman–Crippen MR) is 106 cm³/mol. The lowest BCUT2D eigenvalue weighted by atomic mass is 10.1. The molecule has 0 bridgehead atoms. The molecule has 2 aromatic carbocycles. The highest BCUT2D eigenvalue weighted by molar-refractivity contribution is 5.92. The summed E-state index contributed by atoms with van der Waals surface area (Å²) < 4.78 is 0. The van der Waals surface area contributed by atoms with Crippen molar-refractivity contribution >= 4 is 28.5 Å². The van der Waals surface area contributed by atoms with Crippen molar-refractivity contribution in [2.45, 2.75) is 19.9 Å². The zero-order valence-corrected chi connectivity index (χ0v) is 15.2. The number of amides is 3. The van der Waals surface area contributed by atoms with E-state index in [9.17, 15) is 9.59 Å². The lowest BCUT2D eigenvalue weighted by molar-refractivity contribution is -0.120. The molecule has 0 saturated heterocycles. The summed E-state index contributed by atoms with van der Waals surface area (Å²) in [6.07, 6.45) is 2.07. The Labute approximate surface area is 158 Å². The topological polar surface area (TPSA) is 83.1 Å². The Morgan fingerprint density at radius 3 is 2.59 bits per heavy atom. The van der Waals surface area contributed by atoms with Crippen LogP contribution in [0.15, 0.2) is 60.8 Å².